The van der Waals surface area contributed by atoms with Gasteiger partial charge in [0, 0.05) is 4.47 Å². The summed E-state index contributed by atoms with van der Waals surface area (Å²) in [7, 11) is 0. The van der Waals surface area contributed by atoms with Gasteiger partial charge in [-0.25, -0.2) is 0 Å². The molecule has 1 heterocycles. The topological polar surface area (TPSA) is 21.3 Å². The van der Waals surface area contributed by atoms with E-state index in [-0.39, 0.29) is 5.60 Å². The van der Waals surface area contributed by atoms with E-state index in [2.05, 4.69) is 27.3 Å². The molecule has 1 saturated carbocycles. The second-order valence-corrected chi connectivity index (χ2v) is 5.67. The second-order valence-electron chi connectivity index (χ2n) is 4.81. The predicted octanol–water partition coefficient (Wildman–Crippen LogP) is 3.96. The highest BCUT2D eigenvalue weighted by Gasteiger charge is 2.37. The van der Waals surface area contributed by atoms with Crippen LogP contribution in [0.2, 0.25) is 0 Å². The maximum absolute atomic E-state index is 6.25. The Morgan fingerprint density at radius 2 is 2.00 bits per heavy atom. The third kappa shape index (κ3) is 1.71. The van der Waals surface area contributed by atoms with Crippen LogP contribution in [0.15, 0.2) is 22.7 Å². The van der Waals surface area contributed by atoms with Crippen LogP contribution in [-0.4, -0.2) is 12.1 Å². The van der Waals surface area contributed by atoms with Gasteiger partial charge in [-0.05, 0) is 53.7 Å². The molecule has 16 heavy (non-hydrogen) atoms. The largest absolute Gasteiger partial charge is 0.483 e. The summed E-state index contributed by atoms with van der Waals surface area (Å²) < 4.78 is 7.34. The summed E-state index contributed by atoms with van der Waals surface area (Å²) in [6, 6.07) is 6.14. The average molecular weight is 282 g/mol. The highest BCUT2D eigenvalue weighted by Crippen LogP contribution is 2.42. The number of benzene rings is 1. The van der Waals surface area contributed by atoms with Crippen LogP contribution >= 0.6 is 15.9 Å². The lowest BCUT2D eigenvalue weighted by Crippen LogP contribution is -2.47. The number of anilines is 1. The van der Waals surface area contributed by atoms with E-state index >= 15 is 0 Å². The molecule has 0 bridgehead atoms. The van der Waals surface area contributed by atoms with Gasteiger partial charge in [-0.1, -0.05) is 12.5 Å². The second kappa shape index (κ2) is 3.95. The van der Waals surface area contributed by atoms with Crippen LogP contribution < -0.4 is 10.1 Å². The molecule has 86 valence electrons. The average Bonchev–Trinajstić information content (AvgIpc) is 2.30. The van der Waals surface area contributed by atoms with Crippen molar-refractivity contribution >= 4 is 21.6 Å². The van der Waals surface area contributed by atoms with Crippen LogP contribution in [-0.2, 0) is 0 Å². The molecule has 1 aliphatic carbocycles. The van der Waals surface area contributed by atoms with Crippen LogP contribution in [0.3, 0.4) is 0 Å². The van der Waals surface area contributed by atoms with Gasteiger partial charge in [-0.15, -0.1) is 0 Å². The highest BCUT2D eigenvalue weighted by molar-refractivity contribution is 9.10. The Bertz CT molecular complexity index is 399. The van der Waals surface area contributed by atoms with Crippen molar-refractivity contribution < 1.29 is 4.74 Å². The van der Waals surface area contributed by atoms with Gasteiger partial charge >= 0.3 is 0 Å². The van der Waals surface area contributed by atoms with Gasteiger partial charge in [0.05, 0.1) is 12.2 Å². The Balaban J connectivity index is 1.91. The molecule has 1 spiro atoms. The van der Waals surface area contributed by atoms with Crippen LogP contribution in [0.5, 0.6) is 5.75 Å². The number of hydrogen-bond donors (Lipinski definition) is 1. The number of halogens is 1. The first kappa shape index (κ1) is 10.5. The summed E-state index contributed by atoms with van der Waals surface area (Å²) >= 11 is 3.55. The quantitative estimate of drug-likeness (QED) is 0.777. The van der Waals surface area contributed by atoms with E-state index in [4.69, 9.17) is 4.74 Å². The lowest BCUT2D eigenvalue weighted by molar-refractivity contribution is 0.0368. The lowest BCUT2D eigenvalue weighted by Gasteiger charge is -2.42. The van der Waals surface area contributed by atoms with Gasteiger partial charge in [0.15, 0.2) is 0 Å². The Labute approximate surface area is 105 Å². The SMILES string of the molecule is Brc1cccc2c1NCC1(CCCCC1)O2. The van der Waals surface area contributed by atoms with Crippen molar-refractivity contribution in [1.29, 1.82) is 0 Å². The molecule has 3 heteroatoms. The first-order chi connectivity index (χ1) is 7.79. The summed E-state index contributed by atoms with van der Waals surface area (Å²) in [5.74, 6) is 1.00. The van der Waals surface area contributed by atoms with Gasteiger partial charge in [0.2, 0.25) is 0 Å². The zero-order valence-electron chi connectivity index (χ0n) is 9.26. The minimum absolute atomic E-state index is 0.0616. The first-order valence-electron chi connectivity index (χ1n) is 6.01. The summed E-state index contributed by atoms with van der Waals surface area (Å²) in [4.78, 5) is 0. The van der Waals surface area contributed by atoms with Crippen molar-refractivity contribution in [3.8, 4) is 5.75 Å². The predicted molar refractivity (Wildman–Crippen MR) is 69.1 cm³/mol. The van der Waals surface area contributed by atoms with E-state index in [0.717, 1.165) is 22.5 Å². The Morgan fingerprint density at radius 3 is 2.81 bits per heavy atom. The molecule has 1 fully saturated rings. The maximum Gasteiger partial charge on any atom is 0.144 e. The third-order valence-corrected chi connectivity index (χ3v) is 4.31. The molecule has 3 rings (SSSR count). The van der Waals surface area contributed by atoms with Crippen molar-refractivity contribution in [1.82, 2.24) is 0 Å². The molecule has 1 N–H and O–H groups in total. The number of para-hydroxylation sites is 1. The molecule has 1 aromatic rings. The normalized spacial score (nSPS) is 22.1. The van der Waals surface area contributed by atoms with Crippen molar-refractivity contribution in [3.05, 3.63) is 22.7 Å². The smallest absolute Gasteiger partial charge is 0.144 e. The number of fused-ring (bicyclic) bond motifs is 1. The molecule has 2 aliphatic rings. The molecule has 1 aliphatic heterocycles. The summed E-state index contributed by atoms with van der Waals surface area (Å²) in [5.41, 5.74) is 1.17. The monoisotopic (exact) mass is 281 g/mol. The summed E-state index contributed by atoms with van der Waals surface area (Å²) in [6.07, 6.45) is 6.32. The zero-order chi connectivity index (χ0) is 11.0. The minimum Gasteiger partial charge on any atom is -0.483 e. The van der Waals surface area contributed by atoms with Crippen molar-refractivity contribution in [3.63, 3.8) is 0 Å². The van der Waals surface area contributed by atoms with E-state index in [9.17, 15) is 0 Å². The fourth-order valence-electron chi connectivity index (χ4n) is 2.75. The third-order valence-electron chi connectivity index (χ3n) is 3.65. The molecule has 0 unspecified atom stereocenters. The molecule has 0 atom stereocenters. The highest BCUT2D eigenvalue weighted by atomic mass is 79.9. The molecule has 0 aromatic heterocycles. The minimum atomic E-state index is 0.0616. The van der Waals surface area contributed by atoms with E-state index in [1.807, 2.05) is 12.1 Å². The number of hydrogen-bond acceptors (Lipinski definition) is 2. The van der Waals surface area contributed by atoms with Crippen LogP contribution in [0.25, 0.3) is 0 Å². The molecule has 0 saturated heterocycles. The van der Waals surface area contributed by atoms with Crippen molar-refractivity contribution in [2.24, 2.45) is 0 Å². The van der Waals surface area contributed by atoms with Gasteiger partial charge in [-0.2, -0.15) is 0 Å². The van der Waals surface area contributed by atoms with E-state index < -0.39 is 0 Å². The van der Waals surface area contributed by atoms with Gasteiger partial charge < -0.3 is 10.1 Å². The Kier molecular flexibility index (Phi) is 2.58. The van der Waals surface area contributed by atoms with Crippen molar-refractivity contribution in [2.75, 3.05) is 11.9 Å². The van der Waals surface area contributed by atoms with Gasteiger partial charge in [-0.3, -0.25) is 0 Å². The molecular formula is C13H16BrNO. The van der Waals surface area contributed by atoms with E-state index in [0.29, 0.717) is 0 Å². The molecule has 0 amide bonds. The standard InChI is InChI=1S/C13H16BrNO/c14-10-5-4-6-11-12(10)15-9-13(16-11)7-2-1-3-8-13/h4-6,15H,1-3,7-9H2. The van der Waals surface area contributed by atoms with Gasteiger partial charge in [0.25, 0.3) is 0 Å². The van der Waals surface area contributed by atoms with Crippen LogP contribution in [0, 0.1) is 0 Å². The maximum atomic E-state index is 6.25. The molecule has 2 nitrogen and oxygen atoms in total. The molecule has 0 radical (unpaired) electrons. The number of ether oxygens (including phenoxy) is 1. The summed E-state index contributed by atoms with van der Waals surface area (Å²) in [5, 5.41) is 3.52. The summed E-state index contributed by atoms with van der Waals surface area (Å²) in [6.45, 7) is 0.947. The number of nitrogens with one attached hydrogen (secondary N) is 1. The fraction of sp³-hybridized carbons (Fsp3) is 0.538. The van der Waals surface area contributed by atoms with Crippen molar-refractivity contribution in [2.45, 2.75) is 37.7 Å². The number of rotatable bonds is 0. The fourth-order valence-corrected chi connectivity index (χ4v) is 3.24. The first-order valence-corrected chi connectivity index (χ1v) is 6.80. The van der Waals surface area contributed by atoms with Crippen LogP contribution in [0.4, 0.5) is 5.69 Å². The van der Waals surface area contributed by atoms with Gasteiger partial charge in [0.1, 0.15) is 11.4 Å². The zero-order valence-corrected chi connectivity index (χ0v) is 10.8. The Morgan fingerprint density at radius 1 is 1.19 bits per heavy atom. The molecule has 1 aromatic carbocycles. The lowest BCUT2D eigenvalue weighted by atomic mass is 9.83. The molecular weight excluding hydrogens is 266 g/mol. The Hall–Kier alpha value is -0.700. The van der Waals surface area contributed by atoms with E-state index in [1.165, 1.54) is 32.1 Å². The van der Waals surface area contributed by atoms with E-state index in [1.54, 1.807) is 0 Å². The van der Waals surface area contributed by atoms with Crippen LogP contribution in [0.1, 0.15) is 32.1 Å².